The van der Waals surface area contributed by atoms with Crippen LogP contribution in [0.1, 0.15) is 19.4 Å². The predicted molar refractivity (Wildman–Crippen MR) is 78.1 cm³/mol. The molecule has 0 atom stereocenters. The van der Waals surface area contributed by atoms with Crippen molar-refractivity contribution in [2.45, 2.75) is 25.1 Å². The molecule has 94 valence electrons. The van der Waals surface area contributed by atoms with Crippen molar-refractivity contribution in [3.05, 3.63) is 28.8 Å². The summed E-state index contributed by atoms with van der Waals surface area (Å²) in [6, 6.07) is 6.20. The fourth-order valence-corrected chi connectivity index (χ4v) is 3.50. The van der Waals surface area contributed by atoms with Gasteiger partial charge >= 0.3 is 0 Å². The third-order valence-electron chi connectivity index (χ3n) is 3.05. The maximum atomic E-state index is 6.21. The molecular formula is C13H19ClN2S. The summed E-state index contributed by atoms with van der Waals surface area (Å²) in [6.07, 6.45) is 0. The molecule has 0 amide bonds. The van der Waals surface area contributed by atoms with Crippen molar-refractivity contribution in [1.82, 2.24) is 0 Å². The molecule has 0 aromatic heterocycles. The lowest BCUT2D eigenvalue weighted by molar-refractivity contribution is 0.647. The number of anilines is 1. The van der Waals surface area contributed by atoms with E-state index in [2.05, 4.69) is 24.8 Å². The van der Waals surface area contributed by atoms with Crippen LogP contribution in [0.5, 0.6) is 0 Å². The fourth-order valence-electron chi connectivity index (χ4n) is 2.14. The molecular weight excluding hydrogens is 252 g/mol. The second kappa shape index (κ2) is 5.09. The van der Waals surface area contributed by atoms with Gasteiger partial charge in [0, 0.05) is 40.8 Å². The molecule has 1 aliphatic rings. The highest BCUT2D eigenvalue weighted by atomic mass is 35.5. The Bertz CT molecular complexity index is 406. The maximum Gasteiger partial charge on any atom is 0.0471 e. The predicted octanol–water partition coefficient (Wildman–Crippen LogP) is 3.13. The average Bonchev–Trinajstić information content (AvgIpc) is 2.27. The number of nitrogens with zero attached hydrogens (tertiary/aromatic N) is 1. The molecule has 1 saturated heterocycles. The molecule has 0 aliphatic carbocycles. The van der Waals surface area contributed by atoms with Crippen LogP contribution in [-0.2, 0) is 6.54 Å². The molecule has 0 spiro atoms. The zero-order valence-corrected chi connectivity index (χ0v) is 11.9. The first-order valence-electron chi connectivity index (χ1n) is 5.89. The van der Waals surface area contributed by atoms with E-state index in [1.807, 2.05) is 23.9 Å². The summed E-state index contributed by atoms with van der Waals surface area (Å²) in [5.74, 6) is 1.17. The first kappa shape index (κ1) is 13.1. The summed E-state index contributed by atoms with van der Waals surface area (Å²) in [5, 5.41) is 0.779. The lowest BCUT2D eigenvalue weighted by Crippen LogP contribution is -2.43. The highest BCUT2D eigenvalue weighted by Gasteiger charge is 2.27. The van der Waals surface area contributed by atoms with Crippen molar-refractivity contribution in [1.29, 1.82) is 0 Å². The molecule has 2 nitrogen and oxygen atoms in total. The van der Waals surface area contributed by atoms with Gasteiger partial charge in [0.2, 0.25) is 0 Å². The van der Waals surface area contributed by atoms with Crippen molar-refractivity contribution in [2.24, 2.45) is 5.73 Å². The minimum atomic E-state index is 0.317. The lowest BCUT2D eigenvalue weighted by atomic mass is 10.1. The van der Waals surface area contributed by atoms with Gasteiger partial charge in [0.05, 0.1) is 0 Å². The zero-order chi connectivity index (χ0) is 12.5. The van der Waals surface area contributed by atoms with Gasteiger partial charge in [-0.3, -0.25) is 0 Å². The smallest absolute Gasteiger partial charge is 0.0471 e. The van der Waals surface area contributed by atoms with E-state index in [1.165, 1.54) is 11.4 Å². The highest BCUT2D eigenvalue weighted by molar-refractivity contribution is 8.00. The molecule has 0 radical (unpaired) electrons. The van der Waals surface area contributed by atoms with Gasteiger partial charge in [-0.25, -0.2) is 0 Å². The molecule has 1 aromatic rings. The number of nitrogens with two attached hydrogens (primary N) is 1. The summed E-state index contributed by atoms with van der Waals surface area (Å²) in [7, 11) is 0. The minimum absolute atomic E-state index is 0.317. The van der Waals surface area contributed by atoms with Gasteiger partial charge in [-0.2, -0.15) is 11.8 Å². The van der Waals surface area contributed by atoms with Crippen LogP contribution in [-0.4, -0.2) is 23.6 Å². The Morgan fingerprint density at radius 3 is 2.82 bits per heavy atom. The van der Waals surface area contributed by atoms with E-state index in [0.29, 0.717) is 11.3 Å². The largest absolute Gasteiger partial charge is 0.369 e. The number of halogens is 1. The molecule has 1 heterocycles. The Balaban J connectivity index is 2.19. The van der Waals surface area contributed by atoms with E-state index in [9.17, 15) is 0 Å². The minimum Gasteiger partial charge on any atom is -0.369 e. The van der Waals surface area contributed by atoms with E-state index >= 15 is 0 Å². The van der Waals surface area contributed by atoms with Gasteiger partial charge in [0.1, 0.15) is 0 Å². The Morgan fingerprint density at radius 1 is 1.47 bits per heavy atom. The van der Waals surface area contributed by atoms with Crippen molar-refractivity contribution in [3.63, 3.8) is 0 Å². The number of benzene rings is 1. The van der Waals surface area contributed by atoms with Gasteiger partial charge < -0.3 is 10.6 Å². The number of hydrogen-bond donors (Lipinski definition) is 1. The van der Waals surface area contributed by atoms with Crippen molar-refractivity contribution in [2.75, 3.05) is 23.7 Å². The molecule has 4 heteroatoms. The Labute approximate surface area is 113 Å². The van der Waals surface area contributed by atoms with E-state index in [0.717, 1.165) is 23.7 Å². The quantitative estimate of drug-likeness (QED) is 0.895. The van der Waals surface area contributed by atoms with E-state index in [1.54, 1.807) is 0 Å². The average molecular weight is 271 g/mol. The van der Waals surface area contributed by atoms with Crippen LogP contribution in [0, 0.1) is 0 Å². The molecule has 0 bridgehead atoms. The van der Waals surface area contributed by atoms with Gasteiger partial charge in [0.15, 0.2) is 0 Å². The maximum absolute atomic E-state index is 6.21. The molecule has 1 fully saturated rings. The summed E-state index contributed by atoms with van der Waals surface area (Å²) in [6.45, 7) is 7.24. The molecule has 1 aliphatic heterocycles. The van der Waals surface area contributed by atoms with E-state index in [-0.39, 0.29) is 0 Å². The zero-order valence-electron chi connectivity index (χ0n) is 10.4. The Hall–Kier alpha value is -0.380. The van der Waals surface area contributed by atoms with Crippen LogP contribution in [0.2, 0.25) is 5.02 Å². The fraction of sp³-hybridized carbons (Fsp3) is 0.538. The molecule has 1 aromatic carbocycles. The Morgan fingerprint density at radius 2 is 2.24 bits per heavy atom. The van der Waals surface area contributed by atoms with Crippen LogP contribution < -0.4 is 10.6 Å². The SMILES string of the molecule is CC1(C)CN(c2ccc(CN)c(Cl)c2)CCS1. The van der Waals surface area contributed by atoms with Crippen LogP contribution >= 0.6 is 23.4 Å². The third kappa shape index (κ3) is 3.09. The number of thioether (sulfide) groups is 1. The standard InChI is InChI=1S/C13H19ClN2S/c1-13(2)9-16(5-6-17-13)11-4-3-10(8-15)12(14)7-11/h3-4,7H,5-6,8-9,15H2,1-2H3. The Kier molecular flexibility index (Phi) is 3.91. The van der Waals surface area contributed by atoms with Gasteiger partial charge in [-0.05, 0) is 31.5 Å². The third-order valence-corrected chi connectivity index (χ3v) is 4.70. The van der Waals surface area contributed by atoms with Crippen LogP contribution in [0.25, 0.3) is 0 Å². The van der Waals surface area contributed by atoms with Crippen molar-refractivity contribution >= 4 is 29.1 Å². The first-order chi connectivity index (χ1) is 8.02. The van der Waals surface area contributed by atoms with E-state index < -0.39 is 0 Å². The second-order valence-electron chi connectivity index (χ2n) is 5.01. The van der Waals surface area contributed by atoms with Crippen molar-refractivity contribution < 1.29 is 0 Å². The van der Waals surface area contributed by atoms with Crippen LogP contribution in [0.3, 0.4) is 0 Å². The summed E-state index contributed by atoms with van der Waals surface area (Å²) >= 11 is 8.24. The van der Waals surface area contributed by atoms with Crippen LogP contribution in [0.4, 0.5) is 5.69 Å². The van der Waals surface area contributed by atoms with Gasteiger partial charge in [-0.15, -0.1) is 0 Å². The monoisotopic (exact) mass is 270 g/mol. The normalized spacial score (nSPS) is 19.4. The van der Waals surface area contributed by atoms with E-state index in [4.69, 9.17) is 17.3 Å². The lowest BCUT2D eigenvalue weighted by Gasteiger charge is -2.39. The summed E-state index contributed by atoms with van der Waals surface area (Å²) in [4.78, 5) is 2.41. The summed E-state index contributed by atoms with van der Waals surface area (Å²) in [5.41, 5.74) is 7.84. The molecule has 17 heavy (non-hydrogen) atoms. The van der Waals surface area contributed by atoms with Gasteiger partial charge in [-0.1, -0.05) is 17.7 Å². The topological polar surface area (TPSA) is 29.3 Å². The molecule has 0 unspecified atom stereocenters. The number of rotatable bonds is 2. The van der Waals surface area contributed by atoms with Gasteiger partial charge in [0.25, 0.3) is 0 Å². The molecule has 2 rings (SSSR count). The molecule has 2 N–H and O–H groups in total. The van der Waals surface area contributed by atoms with Crippen molar-refractivity contribution in [3.8, 4) is 0 Å². The summed E-state index contributed by atoms with van der Waals surface area (Å²) < 4.78 is 0.317. The molecule has 0 saturated carbocycles. The number of hydrogen-bond acceptors (Lipinski definition) is 3. The second-order valence-corrected chi connectivity index (χ2v) is 7.22. The van der Waals surface area contributed by atoms with Crippen LogP contribution in [0.15, 0.2) is 18.2 Å². The highest BCUT2D eigenvalue weighted by Crippen LogP contribution is 2.33. The first-order valence-corrected chi connectivity index (χ1v) is 7.25.